The molecule has 1 aliphatic carbocycles. The summed E-state index contributed by atoms with van der Waals surface area (Å²) in [6.07, 6.45) is 4.31. The average Bonchev–Trinajstić information content (AvgIpc) is 3.05. The molecule has 1 amide bonds. The molecule has 1 aromatic heterocycles. The summed E-state index contributed by atoms with van der Waals surface area (Å²) in [5, 5.41) is 1.07. The van der Waals surface area contributed by atoms with Gasteiger partial charge in [-0.3, -0.25) is 8.78 Å². The van der Waals surface area contributed by atoms with E-state index in [2.05, 4.69) is 6.07 Å². The first-order chi connectivity index (χ1) is 15.7. The summed E-state index contributed by atoms with van der Waals surface area (Å²) >= 11 is 0. The summed E-state index contributed by atoms with van der Waals surface area (Å²) in [7, 11) is -0.961. The molecule has 4 atom stereocenters. The quantitative estimate of drug-likeness (QED) is 0.590. The minimum atomic E-state index is -0.961. The Morgan fingerprint density at radius 3 is 2.32 bits per heavy atom. The first-order valence-electron chi connectivity index (χ1n) is 11.9. The Morgan fingerprint density at radius 2 is 1.71 bits per heavy atom. The van der Waals surface area contributed by atoms with Crippen molar-refractivity contribution < 1.29 is 23.3 Å². The van der Waals surface area contributed by atoms with Gasteiger partial charge in [-0.25, -0.2) is 9.59 Å². The second-order valence-corrected chi connectivity index (χ2v) is 13.1. The number of fused-ring (bicyclic) bond motifs is 2. The summed E-state index contributed by atoms with van der Waals surface area (Å²) in [5.74, 6) is 0.745. The number of hydrogen-bond donors (Lipinski definition) is 0. The van der Waals surface area contributed by atoms with Crippen molar-refractivity contribution in [2.24, 2.45) is 5.92 Å². The first-order valence-corrected chi connectivity index (χ1v) is 13.6. The van der Waals surface area contributed by atoms with E-state index < -0.39 is 28.1 Å². The molecular weight excluding hydrogens is 452 g/mol. The Morgan fingerprint density at radius 1 is 1.06 bits per heavy atom. The maximum absolute atomic E-state index is 13.3. The number of rotatable bonds is 2. The van der Waals surface area contributed by atoms with E-state index in [9.17, 15) is 13.8 Å². The van der Waals surface area contributed by atoms with Crippen LogP contribution in [0.15, 0.2) is 24.4 Å². The molecule has 1 aromatic carbocycles. The Balaban J connectivity index is 1.77. The van der Waals surface area contributed by atoms with E-state index in [0.717, 1.165) is 28.5 Å². The molecule has 1 fully saturated rings. The lowest BCUT2D eigenvalue weighted by atomic mass is 9.72. The molecule has 0 radical (unpaired) electrons. The van der Waals surface area contributed by atoms with Gasteiger partial charge in [0, 0.05) is 52.9 Å². The third kappa shape index (κ3) is 5.02. The molecule has 0 unspecified atom stereocenters. The Hall–Kier alpha value is -2.35. The maximum Gasteiger partial charge on any atom is 0.419 e. The van der Waals surface area contributed by atoms with Crippen LogP contribution in [0.25, 0.3) is 10.9 Å². The molecule has 0 saturated carbocycles. The molecule has 7 nitrogen and oxygen atoms in total. The lowest BCUT2D eigenvalue weighted by Gasteiger charge is -2.47. The zero-order valence-electron chi connectivity index (χ0n) is 21.2. The minimum absolute atomic E-state index is 0.0796. The molecule has 0 spiro atoms. The number of benzene rings is 1. The van der Waals surface area contributed by atoms with Gasteiger partial charge in [0.25, 0.3) is 0 Å². The van der Waals surface area contributed by atoms with Crippen LogP contribution in [0, 0.1) is 5.92 Å². The van der Waals surface area contributed by atoms with E-state index >= 15 is 0 Å². The topological polar surface area (TPSA) is 77.8 Å². The molecule has 2 aliphatic rings. The van der Waals surface area contributed by atoms with Crippen LogP contribution in [-0.2, 0) is 26.7 Å². The highest BCUT2D eigenvalue weighted by molar-refractivity contribution is 7.84. The average molecular weight is 489 g/mol. The van der Waals surface area contributed by atoms with Gasteiger partial charge >= 0.3 is 12.2 Å². The molecule has 186 valence electrons. The fourth-order valence-electron chi connectivity index (χ4n) is 5.34. The highest BCUT2D eigenvalue weighted by atomic mass is 32.2. The Kier molecular flexibility index (Phi) is 6.34. The fraction of sp³-hybridized carbons (Fsp3) is 0.615. The van der Waals surface area contributed by atoms with Crippen molar-refractivity contribution in [1.29, 1.82) is 0 Å². The zero-order valence-corrected chi connectivity index (χ0v) is 22.0. The van der Waals surface area contributed by atoms with Crippen molar-refractivity contribution in [3.05, 3.63) is 35.5 Å². The summed E-state index contributed by atoms with van der Waals surface area (Å²) < 4.78 is 25.1. The summed E-state index contributed by atoms with van der Waals surface area (Å²) in [5.41, 5.74) is 1.78. The van der Waals surface area contributed by atoms with Gasteiger partial charge in [-0.15, -0.1) is 0 Å². The molecule has 1 saturated heterocycles. The number of hydrogen-bond acceptors (Lipinski definition) is 5. The fourth-order valence-corrected chi connectivity index (χ4v) is 6.25. The monoisotopic (exact) mass is 488 g/mol. The Bertz CT molecular complexity index is 1140. The van der Waals surface area contributed by atoms with E-state index in [1.54, 1.807) is 10.8 Å². The van der Waals surface area contributed by atoms with Gasteiger partial charge in [-0.1, -0.05) is 12.1 Å². The largest absolute Gasteiger partial charge is 0.444 e. The molecule has 0 N–H and O–H groups in total. The molecule has 2 heterocycles. The molecule has 1 aliphatic heterocycles. The van der Waals surface area contributed by atoms with Crippen molar-refractivity contribution in [3.8, 4) is 0 Å². The third-order valence-electron chi connectivity index (χ3n) is 6.36. The summed E-state index contributed by atoms with van der Waals surface area (Å²) in [4.78, 5) is 28.1. The van der Waals surface area contributed by atoms with Gasteiger partial charge in [0.05, 0.1) is 5.52 Å². The van der Waals surface area contributed by atoms with E-state index in [1.165, 1.54) is 0 Å². The normalized spacial score (nSPS) is 23.4. The molecule has 4 rings (SSSR count). The maximum atomic E-state index is 13.3. The minimum Gasteiger partial charge on any atom is -0.444 e. The van der Waals surface area contributed by atoms with Gasteiger partial charge in [0.1, 0.15) is 11.2 Å². The number of nitrogens with zero attached hydrogens (tertiary/aromatic N) is 2. The number of ether oxygens (including phenoxy) is 2. The van der Waals surface area contributed by atoms with Crippen molar-refractivity contribution in [1.82, 2.24) is 9.47 Å². The molecule has 2 aromatic rings. The van der Waals surface area contributed by atoms with Crippen LogP contribution < -0.4 is 0 Å². The van der Waals surface area contributed by atoms with Gasteiger partial charge in [0.2, 0.25) is 0 Å². The van der Waals surface area contributed by atoms with Crippen molar-refractivity contribution >= 4 is 33.9 Å². The molecule has 8 heteroatoms. The number of amides is 1. The van der Waals surface area contributed by atoms with Crippen LogP contribution in [0.5, 0.6) is 0 Å². The van der Waals surface area contributed by atoms with E-state index in [4.69, 9.17) is 9.47 Å². The number of aromatic nitrogens is 1. The van der Waals surface area contributed by atoms with Gasteiger partial charge in [-0.2, -0.15) is 0 Å². The van der Waals surface area contributed by atoms with Crippen LogP contribution in [-0.4, -0.2) is 61.7 Å². The predicted octanol–water partition coefficient (Wildman–Crippen LogP) is 5.07. The standard InChI is InChI=1S/C26H36N2O5S/c1-25(2,3)32-23(29)27-13-16(15-34(7)31)11-19-18-9-8-10-20-22(18)17(12-21(19)27)14-28(20)24(30)33-26(4,5)6/h8-10,14,16,19,21H,11-13,15H2,1-7H3/t16-,19-,21-,34+/m1/s1. The van der Waals surface area contributed by atoms with Gasteiger partial charge < -0.3 is 14.4 Å². The van der Waals surface area contributed by atoms with E-state index in [1.807, 2.05) is 64.8 Å². The lowest BCUT2D eigenvalue weighted by Crippen LogP contribution is -2.54. The zero-order chi connectivity index (χ0) is 25.0. The number of carbonyl (C=O) groups is 2. The molecular formula is C26H36N2O5S. The highest BCUT2D eigenvalue weighted by Gasteiger charge is 2.44. The van der Waals surface area contributed by atoms with Crippen molar-refractivity contribution in [2.45, 2.75) is 77.5 Å². The van der Waals surface area contributed by atoms with Crippen LogP contribution in [0.3, 0.4) is 0 Å². The second-order valence-electron chi connectivity index (χ2n) is 11.6. The number of carbonyl (C=O) groups excluding carboxylic acids is 2. The predicted molar refractivity (Wildman–Crippen MR) is 134 cm³/mol. The van der Waals surface area contributed by atoms with Crippen molar-refractivity contribution in [3.63, 3.8) is 0 Å². The smallest absolute Gasteiger partial charge is 0.419 e. The molecule has 34 heavy (non-hydrogen) atoms. The van der Waals surface area contributed by atoms with Gasteiger partial charge in [-0.05, 0) is 77.5 Å². The summed E-state index contributed by atoms with van der Waals surface area (Å²) in [6, 6.07) is 5.92. The van der Waals surface area contributed by atoms with E-state index in [0.29, 0.717) is 18.7 Å². The van der Waals surface area contributed by atoms with Gasteiger partial charge in [0.15, 0.2) is 0 Å². The summed E-state index contributed by atoms with van der Waals surface area (Å²) in [6.45, 7) is 11.7. The van der Waals surface area contributed by atoms with E-state index in [-0.39, 0.29) is 24.0 Å². The second kappa shape index (κ2) is 8.70. The number of piperidine rings is 1. The number of likely N-dealkylation sites (tertiary alicyclic amines) is 1. The van der Waals surface area contributed by atoms with Crippen LogP contribution >= 0.6 is 0 Å². The first kappa shape index (κ1) is 24.8. The highest BCUT2D eigenvalue weighted by Crippen LogP contribution is 2.46. The molecule has 0 bridgehead atoms. The SMILES string of the molecule is C[S@](=O)C[C@@H]1C[C@@H]2c3cccc4c3c(cn4C(=O)OC(C)(C)C)C[C@H]2N(C(=O)OC(C)(C)C)C1. The lowest BCUT2D eigenvalue weighted by molar-refractivity contribution is -0.000299. The third-order valence-corrected chi connectivity index (χ3v) is 7.31. The van der Waals surface area contributed by atoms with Crippen LogP contribution in [0.2, 0.25) is 0 Å². The van der Waals surface area contributed by atoms with Crippen LogP contribution in [0.4, 0.5) is 9.59 Å². The van der Waals surface area contributed by atoms with Crippen LogP contribution in [0.1, 0.15) is 65.0 Å². The Labute approximate surface area is 204 Å². The van der Waals surface area contributed by atoms with Crippen molar-refractivity contribution in [2.75, 3.05) is 18.6 Å².